The quantitative estimate of drug-likeness (QED) is 0.874. The standard InChI is InChI=1S/C17H23NO3/c1-12-7-3-4-8-14(12)13(2)18-15(19)11-17(16(20)21)9-5-6-10-17/h3-4,7-8,13H,5-6,9-11H2,1-2H3,(H,18,19)(H,20,21)/t13-/m1/s1. The van der Waals surface area contributed by atoms with Gasteiger partial charge in [0.1, 0.15) is 0 Å². The zero-order chi connectivity index (χ0) is 15.5. The number of hydrogen-bond acceptors (Lipinski definition) is 2. The Morgan fingerprint density at radius 1 is 1.29 bits per heavy atom. The van der Waals surface area contributed by atoms with Crippen LogP contribution in [0.25, 0.3) is 0 Å². The number of nitrogens with one attached hydrogen (secondary N) is 1. The highest BCUT2D eigenvalue weighted by Crippen LogP contribution is 2.41. The van der Waals surface area contributed by atoms with E-state index in [1.807, 2.05) is 38.1 Å². The van der Waals surface area contributed by atoms with Crippen LogP contribution < -0.4 is 5.32 Å². The van der Waals surface area contributed by atoms with Crippen LogP contribution in [0.5, 0.6) is 0 Å². The monoisotopic (exact) mass is 289 g/mol. The number of rotatable bonds is 5. The van der Waals surface area contributed by atoms with Crippen molar-refractivity contribution in [1.82, 2.24) is 5.32 Å². The lowest BCUT2D eigenvalue weighted by molar-refractivity contribution is -0.151. The third-order valence-corrected chi connectivity index (χ3v) is 4.55. The second-order valence-corrected chi connectivity index (χ2v) is 6.12. The summed E-state index contributed by atoms with van der Waals surface area (Å²) in [7, 11) is 0. The minimum absolute atomic E-state index is 0.0819. The maximum absolute atomic E-state index is 12.2. The molecule has 0 bridgehead atoms. The van der Waals surface area contributed by atoms with Gasteiger partial charge in [-0.05, 0) is 37.8 Å². The van der Waals surface area contributed by atoms with Gasteiger partial charge in [-0.3, -0.25) is 9.59 Å². The molecule has 0 spiro atoms. The Morgan fingerprint density at radius 2 is 1.90 bits per heavy atom. The lowest BCUT2D eigenvalue weighted by Crippen LogP contribution is -2.36. The van der Waals surface area contributed by atoms with Gasteiger partial charge in [0.05, 0.1) is 11.5 Å². The van der Waals surface area contributed by atoms with Crippen LogP contribution in [-0.4, -0.2) is 17.0 Å². The molecule has 2 N–H and O–H groups in total. The van der Waals surface area contributed by atoms with Gasteiger partial charge in [-0.15, -0.1) is 0 Å². The Morgan fingerprint density at radius 3 is 2.48 bits per heavy atom. The van der Waals surface area contributed by atoms with E-state index in [0.29, 0.717) is 12.8 Å². The summed E-state index contributed by atoms with van der Waals surface area (Å²) in [6, 6.07) is 7.80. The Hall–Kier alpha value is -1.84. The number of benzene rings is 1. The summed E-state index contributed by atoms with van der Waals surface area (Å²) < 4.78 is 0. The van der Waals surface area contributed by atoms with E-state index >= 15 is 0 Å². The molecule has 1 saturated carbocycles. The highest BCUT2D eigenvalue weighted by Gasteiger charge is 2.43. The average molecular weight is 289 g/mol. The van der Waals surface area contributed by atoms with Crippen molar-refractivity contribution in [1.29, 1.82) is 0 Å². The van der Waals surface area contributed by atoms with Crippen molar-refractivity contribution in [2.24, 2.45) is 5.41 Å². The van der Waals surface area contributed by atoms with Crippen molar-refractivity contribution >= 4 is 11.9 Å². The largest absolute Gasteiger partial charge is 0.481 e. The molecule has 1 aliphatic carbocycles. The summed E-state index contributed by atoms with van der Waals surface area (Å²) in [5.74, 6) is -1.01. The van der Waals surface area contributed by atoms with Crippen LogP contribution in [0.3, 0.4) is 0 Å². The van der Waals surface area contributed by atoms with Crippen molar-refractivity contribution in [2.75, 3.05) is 0 Å². The van der Waals surface area contributed by atoms with Crippen molar-refractivity contribution in [3.63, 3.8) is 0 Å². The third-order valence-electron chi connectivity index (χ3n) is 4.55. The van der Waals surface area contributed by atoms with E-state index < -0.39 is 11.4 Å². The van der Waals surface area contributed by atoms with Crippen LogP contribution >= 0.6 is 0 Å². The molecule has 1 aromatic rings. The van der Waals surface area contributed by atoms with E-state index in [1.165, 1.54) is 0 Å². The second-order valence-electron chi connectivity index (χ2n) is 6.12. The smallest absolute Gasteiger partial charge is 0.310 e. The van der Waals surface area contributed by atoms with Crippen molar-refractivity contribution < 1.29 is 14.7 Å². The molecule has 1 atom stereocenters. The molecule has 1 aromatic carbocycles. The summed E-state index contributed by atoms with van der Waals surface area (Å²) in [5.41, 5.74) is 1.34. The van der Waals surface area contributed by atoms with Gasteiger partial charge in [0.2, 0.25) is 5.91 Å². The van der Waals surface area contributed by atoms with Crippen LogP contribution in [0.15, 0.2) is 24.3 Å². The zero-order valence-corrected chi connectivity index (χ0v) is 12.7. The number of hydrogen-bond donors (Lipinski definition) is 2. The first kappa shape index (κ1) is 15.5. The van der Waals surface area contributed by atoms with Gasteiger partial charge in [-0.2, -0.15) is 0 Å². The number of aliphatic carboxylic acids is 1. The molecule has 1 fully saturated rings. The van der Waals surface area contributed by atoms with Crippen molar-refractivity contribution in [2.45, 2.75) is 52.0 Å². The molecule has 0 saturated heterocycles. The Labute approximate surface area is 125 Å². The van der Waals surface area contributed by atoms with Crippen LogP contribution in [0.1, 0.15) is 56.2 Å². The Balaban J connectivity index is 2.01. The summed E-state index contributed by atoms with van der Waals surface area (Å²) in [6.45, 7) is 3.94. The SMILES string of the molecule is Cc1ccccc1[C@@H](C)NC(=O)CC1(C(=O)O)CCCC1. The van der Waals surface area contributed by atoms with Gasteiger partial charge in [0.25, 0.3) is 0 Å². The first-order valence-electron chi connectivity index (χ1n) is 7.53. The predicted octanol–water partition coefficient (Wildman–Crippen LogP) is 3.21. The summed E-state index contributed by atoms with van der Waals surface area (Å²) in [5, 5.41) is 12.4. The van der Waals surface area contributed by atoms with Crippen molar-refractivity contribution in [3.8, 4) is 0 Å². The molecular weight excluding hydrogens is 266 g/mol. The molecule has 114 valence electrons. The van der Waals surface area contributed by atoms with Gasteiger partial charge < -0.3 is 10.4 Å². The van der Waals surface area contributed by atoms with E-state index in [1.54, 1.807) is 0 Å². The molecule has 21 heavy (non-hydrogen) atoms. The first-order chi connectivity index (χ1) is 9.94. The number of aryl methyl sites for hydroxylation is 1. The number of amides is 1. The normalized spacial score (nSPS) is 18.2. The number of carbonyl (C=O) groups is 2. The van der Waals surface area contributed by atoms with E-state index in [0.717, 1.165) is 24.0 Å². The minimum Gasteiger partial charge on any atom is -0.481 e. The molecule has 4 nitrogen and oxygen atoms in total. The predicted molar refractivity (Wildman–Crippen MR) is 80.9 cm³/mol. The number of carboxylic acids is 1. The Kier molecular flexibility index (Phi) is 4.66. The molecule has 1 aliphatic rings. The fraction of sp³-hybridized carbons (Fsp3) is 0.529. The van der Waals surface area contributed by atoms with Gasteiger partial charge in [-0.1, -0.05) is 37.1 Å². The zero-order valence-electron chi connectivity index (χ0n) is 12.7. The molecule has 0 aromatic heterocycles. The van der Waals surface area contributed by atoms with Crippen molar-refractivity contribution in [3.05, 3.63) is 35.4 Å². The maximum Gasteiger partial charge on any atom is 0.310 e. The highest BCUT2D eigenvalue weighted by atomic mass is 16.4. The molecule has 0 unspecified atom stereocenters. The lowest BCUT2D eigenvalue weighted by Gasteiger charge is -2.24. The van der Waals surface area contributed by atoms with Gasteiger partial charge in [0, 0.05) is 6.42 Å². The van der Waals surface area contributed by atoms with Crippen LogP contribution in [0.2, 0.25) is 0 Å². The third kappa shape index (κ3) is 3.43. The highest BCUT2D eigenvalue weighted by molar-refractivity contribution is 5.85. The topological polar surface area (TPSA) is 66.4 Å². The molecule has 1 amide bonds. The molecule has 0 radical (unpaired) electrons. The molecule has 4 heteroatoms. The van der Waals surface area contributed by atoms with Crippen LogP contribution in [0, 0.1) is 12.3 Å². The van der Waals surface area contributed by atoms with E-state index in [4.69, 9.17) is 0 Å². The minimum atomic E-state index is -0.852. The van der Waals surface area contributed by atoms with E-state index in [-0.39, 0.29) is 18.4 Å². The number of carboxylic acid groups (broad SMARTS) is 1. The summed E-state index contributed by atoms with van der Waals surface area (Å²) in [6.07, 6.45) is 3.08. The molecule has 2 rings (SSSR count). The fourth-order valence-electron chi connectivity index (χ4n) is 3.27. The average Bonchev–Trinajstić information content (AvgIpc) is 2.88. The van der Waals surface area contributed by atoms with Crippen LogP contribution in [-0.2, 0) is 9.59 Å². The molecular formula is C17H23NO3. The fourth-order valence-corrected chi connectivity index (χ4v) is 3.27. The summed E-state index contributed by atoms with van der Waals surface area (Å²) in [4.78, 5) is 23.7. The van der Waals surface area contributed by atoms with Gasteiger partial charge in [-0.25, -0.2) is 0 Å². The summed E-state index contributed by atoms with van der Waals surface area (Å²) >= 11 is 0. The van der Waals surface area contributed by atoms with E-state index in [2.05, 4.69) is 5.32 Å². The Bertz CT molecular complexity index is 533. The van der Waals surface area contributed by atoms with Gasteiger partial charge >= 0.3 is 5.97 Å². The van der Waals surface area contributed by atoms with Gasteiger partial charge in [0.15, 0.2) is 0 Å². The van der Waals surface area contributed by atoms with E-state index in [9.17, 15) is 14.7 Å². The number of carbonyl (C=O) groups excluding carboxylic acids is 1. The van der Waals surface area contributed by atoms with Crippen LogP contribution in [0.4, 0.5) is 0 Å². The second kappa shape index (κ2) is 6.29. The first-order valence-corrected chi connectivity index (χ1v) is 7.53. The maximum atomic E-state index is 12.2. The molecule has 0 aliphatic heterocycles. The lowest BCUT2D eigenvalue weighted by atomic mass is 9.82. The molecule has 0 heterocycles.